The van der Waals surface area contributed by atoms with Crippen molar-refractivity contribution >= 4 is 34.8 Å². The molecule has 0 aliphatic carbocycles. The number of carbonyl (C=O) groups excluding carboxylic acids is 1. The minimum atomic E-state index is -1.04. The lowest BCUT2D eigenvalue weighted by Crippen LogP contribution is -2.25. The van der Waals surface area contributed by atoms with E-state index in [9.17, 15) is 9.59 Å². The zero-order chi connectivity index (χ0) is 17.0. The van der Waals surface area contributed by atoms with Crippen LogP contribution in [0.25, 0.3) is 0 Å². The van der Waals surface area contributed by atoms with E-state index in [0.717, 1.165) is 5.56 Å². The zero-order valence-electron chi connectivity index (χ0n) is 12.8. The third-order valence-electron chi connectivity index (χ3n) is 3.28. The Labute approximate surface area is 143 Å². The number of nitrogens with one attached hydrogen (secondary N) is 1. The van der Waals surface area contributed by atoms with Crippen molar-refractivity contribution in [3.05, 3.63) is 50.4 Å². The first kappa shape index (κ1) is 17.4. The van der Waals surface area contributed by atoms with Crippen LogP contribution >= 0.6 is 22.9 Å². The molecule has 7 heteroatoms. The molecule has 0 saturated carbocycles. The van der Waals surface area contributed by atoms with Crippen LogP contribution in [0.4, 0.5) is 0 Å². The molecule has 1 aromatic carbocycles. The minimum absolute atomic E-state index is 0.0346. The predicted molar refractivity (Wildman–Crippen MR) is 90.7 cm³/mol. The predicted octanol–water partition coefficient (Wildman–Crippen LogP) is 3.59. The molecular formula is C16H17ClN2O3S. The molecule has 0 radical (unpaired) electrons. The number of amides is 1. The smallest absolute Gasteiger partial charge is 0.355 e. The van der Waals surface area contributed by atoms with Gasteiger partial charge in [-0.05, 0) is 23.6 Å². The van der Waals surface area contributed by atoms with Gasteiger partial charge in [-0.1, -0.05) is 31.5 Å². The summed E-state index contributed by atoms with van der Waals surface area (Å²) in [7, 11) is 0. The lowest BCUT2D eigenvalue weighted by atomic mass is 10.0. The Morgan fingerprint density at radius 3 is 2.70 bits per heavy atom. The summed E-state index contributed by atoms with van der Waals surface area (Å²) in [5, 5.41) is 14.3. The van der Waals surface area contributed by atoms with Crippen molar-refractivity contribution in [2.75, 3.05) is 6.54 Å². The molecule has 0 fully saturated rings. The summed E-state index contributed by atoms with van der Waals surface area (Å²) < 4.78 is 0. The maximum atomic E-state index is 12.1. The van der Waals surface area contributed by atoms with Crippen molar-refractivity contribution in [2.45, 2.75) is 26.2 Å². The van der Waals surface area contributed by atoms with Gasteiger partial charge >= 0.3 is 5.97 Å². The third kappa shape index (κ3) is 4.53. The van der Waals surface area contributed by atoms with Crippen molar-refractivity contribution in [3.8, 4) is 0 Å². The SMILES string of the molecule is CC(C)c1ccc(C(=O)NCCc2nc(C(=O)O)cs2)cc1Cl. The fourth-order valence-corrected chi connectivity index (χ4v) is 3.22. The summed E-state index contributed by atoms with van der Waals surface area (Å²) in [4.78, 5) is 26.8. The van der Waals surface area contributed by atoms with Gasteiger partial charge in [-0.3, -0.25) is 4.79 Å². The van der Waals surface area contributed by atoms with E-state index in [1.54, 1.807) is 12.1 Å². The summed E-state index contributed by atoms with van der Waals surface area (Å²) in [5.41, 5.74) is 1.55. The number of carboxylic acids is 1. The van der Waals surface area contributed by atoms with E-state index in [1.165, 1.54) is 16.7 Å². The van der Waals surface area contributed by atoms with Crippen LogP contribution in [-0.2, 0) is 6.42 Å². The number of thiazole rings is 1. The highest BCUT2D eigenvalue weighted by Crippen LogP contribution is 2.25. The largest absolute Gasteiger partial charge is 0.476 e. The molecule has 2 rings (SSSR count). The van der Waals surface area contributed by atoms with Gasteiger partial charge in [0.05, 0.1) is 5.01 Å². The van der Waals surface area contributed by atoms with Gasteiger partial charge in [-0.25, -0.2) is 9.78 Å². The van der Waals surface area contributed by atoms with Crippen LogP contribution < -0.4 is 5.32 Å². The molecule has 1 amide bonds. The van der Waals surface area contributed by atoms with E-state index in [1.807, 2.05) is 19.9 Å². The number of carboxylic acid groups (broad SMARTS) is 1. The summed E-state index contributed by atoms with van der Waals surface area (Å²) >= 11 is 7.46. The molecule has 23 heavy (non-hydrogen) atoms. The van der Waals surface area contributed by atoms with Crippen LogP contribution in [0.5, 0.6) is 0 Å². The van der Waals surface area contributed by atoms with Crippen LogP contribution in [0.1, 0.15) is 51.2 Å². The average Bonchev–Trinajstić information content (AvgIpc) is 2.95. The van der Waals surface area contributed by atoms with Crippen LogP contribution in [0.3, 0.4) is 0 Å². The molecule has 0 spiro atoms. The van der Waals surface area contributed by atoms with Gasteiger partial charge in [0.15, 0.2) is 5.69 Å². The average molecular weight is 353 g/mol. The van der Waals surface area contributed by atoms with E-state index < -0.39 is 5.97 Å². The second-order valence-electron chi connectivity index (χ2n) is 5.33. The van der Waals surface area contributed by atoms with Crippen molar-refractivity contribution in [3.63, 3.8) is 0 Å². The Hall–Kier alpha value is -1.92. The summed E-state index contributed by atoms with van der Waals surface area (Å²) in [6.45, 7) is 4.47. The van der Waals surface area contributed by atoms with Crippen molar-refractivity contribution in [2.24, 2.45) is 0 Å². The fraction of sp³-hybridized carbons (Fsp3) is 0.312. The van der Waals surface area contributed by atoms with Gasteiger partial charge in [0, 0.05) is 28.9 Å². The number of aromatic carboxylic acids is 1. The quantitative estimate of drug-likeness (QED) is 0.832. The first-order valence-electron chi connectivity index (χ1n) is 7.14. The van der Waals surface area contributed by atoms with Gasteiger partial charge in [0.25, 0.3) is 5.91 Å². The van der Waals surface area contributed by atoms with Gasteiger partial charge in [-0.2, -0.15) is 0 Å². The van der Waals surface area contributed by atoms with Gasteiger partial charge in [-0.15, -0.1) is 11.3 Å². The second-order valence-corrected chi connectivity index (χ2v) is 6.68. The number of carbonyl (C=O) groups is 2. The Morgan fingerprint density at radius 2 is 2.13 bits per heavy atom. The summed E-state index contributed by atoms with van der Waals surface area (Å²) in [6.07, 6.45) is 0.488. The molecule has 5 nitrogen and oxygen atoms in total. The van der Waals surface area contributed by atoms with E-state index in [2.05, 4.69) is 10.3 Å². The van der Waals surface area contributed by atoms with Crippen LogP contribution in [0, 0.1) is 0 Å². The van der Waals surface area contributed by atoms with E-state index >= 15 is 0 Å². The number of hydrogen-bond acceptors (Lipinski definition) is 4. The lowest BCUT2D eigenvalue weighted by Gasteiger charge is -2.10. The molecule has 0 atom stereocenters. The number of benzene rings is 1. The molecule has 1 heterocycles. The highest BCUT2D eigenvalue weighted by molar-refractivity contribution is 7.09. The highest BCUT2D eigenvalue weighted by Gasteiger charge is 2.12. The molecule has 2 aromatic rings. The lowest BCUT2D eigenvalue weighted by molar-refractivity contribution is 0.0690. The number of nitrogens with zero attached hydrogens (tertiary/aromatic N) is 1. The normalized spacial score (nSPS) is 10.8. The highest BCUT2D eigenvalue weighted by atomic mass is 35.5. The van der Waals surface area contributed by atoms with Crippen molar-refractivity contribution in [1.82, 2.24) is 10.3 Å². The second kappa shape index (κ2) is 7.57. The molecule has 122 valence electrons. The van der Waals surface area contributed by atoms with Gasteiger partial charge in [0.1, 0.15) is 0 Å². The molecule has 0 saturated heterocycles. The van der Waals surface area contributed by atoms with Crippen molar-refractivity contribution < 1.29 is 14.7 Å². The molecule has 0 unspecified atom stereocenters. The third-order valence-corrected chi connectivity index (χ3v) is 4.52. The van der Waals surface area contributed by atoms with Gasteiger partial charge < -0.3 is 10.4 Å². The Morgan fingerprint density at radius 1 is 1.39 bits per heavy atom. The van der Waals surface area contributed by atoms with Gasteiger partial charge in [0.2, 0.25) is 0 Å². The number of halogens is 1. The van der Waals surface area contributed by atoms with E-state index in [4.69, 9.17) is 16.7 Å². The molecule has 1 aromatic heterocycles. The topological polar surface area (TPSA) is 79.3 Å². The number of aromatic nitrogens is 1. The number of hydrogen-bond donors (Lipinski definition) is 2. The maximum absolute atomic E-state index is 12.1. The van der Waals surface area contributed by atoms with Crippen molar-refractivity contribution in [1.29, 1.82) is 0 Å². The molecular weight excluding hydrogens is 336 g/mol. The molecule has 0 aliphatic heterocycles. The zero-order valence-corrected chi connectivity index (χ0v) is 14.4. The van der Waals surface area contributed by atoms with Crippen LogP contribution in [-0.4, -0.2) is 28.5 Å². The first-order valence-corrected chi connectivity index (χ1v) is 8.39. The van der Waals surface area contributed by atoms with Crippen LogP contribution in [0.2, 0.25) is 5.02 Å². The maximum Gasteiger partial charge on any atom is 0.355 e. The monoisotopic (exact) mass is 352 g/mol. The Balaban J connectivity index is 1.91. The molecule has 2 N–H and O–H groups in total. The fourth-order valence-electron chi connectivity index (χ4n) is 2.05. The van der Waals surface area contributed by atoms with E-state index in [0.29, 0.717) is 34.5 Å². The standard InChI is InChI=1S/C16H17ClN2O3S/c1-9(2)11-4-3-10(7-12(11)17)15(20)18-6-5-14-19-13(8-23-14)16(21)22/h3-4,7-9H,5-6H2,1-2H3,(H,18,20)(H,21,22). The summed E-state index contributed by atoms with van der Waals surface area (Å²) in [5.74, 6) is -0.957. The first-order chi connectivity index (χ1) is 10.9. The Kier molecular flexibility index (Phi) is 5.74. The minimum Gasteiger partial charge on any atom is -0.476 e. The summed E-state index contributed by atoms with van der Waals surface area (Å²) in [6, 6.07) is 5.28. The van der Waals surface area contributed by atoms with Crippen LogP contribution in [0.15, 0.2) is 23.6 Å². The molecule has 0 aliphatic rings. The molecule has 0 bridgehead atoms. The van der Waals surface area contributed by atoms with E-state index in [-0.39, 0.29) is 11.6 Å². The number of rotatable bonds is 6. The Bertz CT molecular complexity index is 728.